The first-order valence-electron chi connectivity index (χ1n) is 9.36. The number of nitrogens with one attached hydrogen (secondary N) is 1. The molecule has 0 spiro atoms. The summed E-state index contributed by atoms with van der Waals surface area (Å²) < 4.78 is 43.9. The maximum atomic E-state index is 12.7. The fourth-order valence-corrected chi connectivity index (χ4v) is 3.44. The second-order valence-electron chi connectivity index (χ2n) is 7.12. The van der Waals surface area contributed by atoms with Gasteiger partial charge in [-0.3, -0.25) is 4.79 Å². The number of amides is 1. The Kier molecular flexibility index (Phi) is 6.77. The molecular formula is C22H21F3N2O2S. The topological polar surface area (TPSA) is 51.2 Å². The number of halogens is 3. The number of carbonyl (C=O) groups is 1. The smallest absolute Gasteiger partial charge is 0.416 e. The predicted molar refractivity (Wildman–Crippen MR) is 110 cm³/mol. The average molecular weight is 434 g/mol. The Morgan fingerprint density at radius 2 is 1.83 bits per heavy atom. The summed E-state index contributed by atoms with van der Waals surface area (Å²) in [4.78, 5) is 16.6. The molecule has 0 radical (unpaired) electrons. The molecule has 3 rings (SSSR count). The molecule has 0 unspecified atom stereocenters. The van der Waals surface area contributed by atoms with Gasteiger partial charge < -0.3 is 10.1 Å². The van der Waals surface area contributed by atoms with E-state index in [1.165, 1.54) is 23.5 Å². The van der Waals surface area contributed by atoms with Crippen LogP contribution < -0.4 is 10.1 Å². The summed E-state index contributed by atoms with van der Waals surface area (Å²) in [6.07, 6.45) is -4.37. The van der Waals surface area contributed by atoms with E-state index in [9.17, 15) is 18.0 Å². The third kappa shape index (κ3) is 5.60. The van der Waals surface area contributed by atoms with E-state index in [1.807, 2.05) is 26.0 Å². The number of nitrogens with zero attached hydrogens (tertiary/aromatic N) is 1. The van der Waals surface area contributed by atoms with E-state index in [-0.39, 0.29) is 12.5 Å². The van der Waals surface area contributed by atoms with E-state index < -0.39 is 11.7 Å². The highest BCUT2D eigenvalue weighted by Crippen LogP contribution is 2.33. The monoisotopic (exact) mass is 434 g/mol. The quantitative estimate of drug-likeness (QED) is 0.512. The van der Waals surface area contributed by atoms with Crippen molar-refractivity contribution < 1.29 is 22.7 Å². The van der Waals surface area contributed by atoms with Crippen LogP contribution in [0, 0.1) is 5.92 Å². The van der Waals surface area contributed by atoms with Crippen LogP contribution in [0.25, 0.3) is 10.6 Å². The molecule has 2 aromatic carbocycles. The first-order chi connectivity index (χ1) is 14.2. The summed E-state index contributed by atoms with van der Waals surface area (Å²) in [6, 6.07) is 12.1. The molecule has 0 aliphatic rings. The van der Waals surface area contributed by atoms with Gasteiger partial charge in [-0.15, -0.1) is 11.3 Å². The lowest BCUT2D eigenvalue weighted by Crippen LogP contribution is -2.27. The van der Waals surface area contributed by atoms with Gasteiger partial charge in [0.15, 0.2) is 0 Å². The predicted octanol–water partition coefficient (Wildman–Crippen LogP) is 5.79. The zero-order valence-corrected chi connectivity index (χ0v) is 17.3. The fourth-order valence-electron chi connectivity index (χ4n) is 2.61. The van der Waals surface area contributed by atoms with Gasteiger partial charge in [0.25, 0.3) is 5.91 Å². The van der Waals surface area contributed by atoms with Gasteiger partial charge in [0, 0.05) is 11.9 Å². The summed E-state index contributed by atoms with van der Waals surface area (Å²) in [7, 11) is 0. The van der Waals surface area contributed by atoms with E-state index in [0.29, 0.717) is 34.5 Å². The van der Waals surface area contributed by atoms with Gasteiger partial charge in [-0.05, 0) is 35.7 Å². The maximum absolute atomic E-state index is 12.7. The van der Waals surface area contributed by atoms with Gasteiger partial charge in [0.05, 0.1) is 11.1 Å². The van der Waals surface area contributed by atoms with Crippen molar-refractivity contribution in [2.45, 2.75) is 26.6 Å². The Morgan fingerprint density at radius 3 is 2.50 bits per heavy atom. The lowest BCUT2D eigenvalue weighted by atomic mass is 10.1. The number of hydrogen-bond donors (Lipinski definition) is 1. The number of benzene rings is 2. The standard InChI is InChI=1S/C22H21F3N2O2S/c1-14(2)11-26-20(28)18-13-30-21(27-18)17-5-3-4-6-19(17)29-12-15-7-9-16(10-8-15)22(23,24)25/h3-10,13-14H,11-12H2,1-2H3,(H,26,28). The van der Waals surface area contributed by atoms with E-state index in [1.54, 1.807) is 17.5 Å². The molecule has 3 aromatic rings. The third-order valence-corrected chi connectivity index (χ3v) is 5.08. The third-order valence-electron chi connectivity index (χ3n) is 4.20. The number of aromatic nitrogens is 1. The van der Waals surface area contributed by atoms with Crippen LogP contribution in [-0.2, 0) is 12.8 Å². The van der Waals surface area contributed by atoms with Crippen molar-refractivity contribution in [3.05, 3.63) is 70.7 Å². The zero-order valence-electron chi connectivity index (χ0n) is 16.5. The first kappa shape index (κ1) is 21.8. The Hall–Kier alpha value is -2.87. The second-order valence-corrected chi connectivity index (χ2v) is 7.98. The number of carbonyl (C=O) groups excluding carboxylic acids is 1. The van der Waals surface area contributed by atoms with Crippen LogP contribution in [-0.4, -0.2) is 17.4 Å². The van der Waals surface area contributed by atoms with E-state index in [4.69, 9.17) is 4.74 Å². The molecule has 0 bridgehead atoms. The highest BCUT2D eigenvalue weighted by molar-refractivity contribution is 7.13. The number of rotatable bonds is 7. The summed E-state index contributed by atoms with van der Waals surface area (Å²) in [5.41, 5.74) is 0.980. The molecule has 0 aliphatic heterocycles. The van der Waals surface area contributed by atoms with Crippen LogP contribution in [0.2, 0.25) is 0 Å². The van der Waals surface area contributed by atoms with E-state index in [2.05, 4.69) is 10.3 Å². The van der Waals surface area contributed by atoms with Crippen molar-refractivity contribution >= 4 is 17.2 Å². The number of alkyl halides is 3. The fraction of sp³-hybridized carbons (Fsp3) is 0.273. The minimum absolute atomic E-state index is 0.113. The summed E-state index contributed by atoms with van der Waals surface area (Å²) in [6.45, 7) is 4.70. The van der Waals surface area contributed by atoms with Crippen LogP contribution in [0.4, 0.5) is 13.2 Å². The maximum Gasteiger partial charge on any atom is 0.416 e. The second kappa shape index (κ2) is 9.30. The van der Waals surface area contributed by atoms with Crippen LogP contribution in [0.3, 0.4) is 0 Å². The number of thiazole rings is 1. The molecule has 1 amide bonds. The van der Waals surface area contributed by atoms with Gasteiger partial charge >= 0.3 is 6.18 Å². The highest BCUT2D eigenvalue weighted by Gasteiger charge is 2.29. The van der Waals surface area contributed by atoms with Gasteiger partial charge in [-0.25, -0.2) is 4.98 Å². The van der Waals surface area contributed by atoms with Crippen LogP contribution in [0.5, 0.6) is 5.75 Å². The largest absolute Gasteiger partial charge is 0.488 e. The van der Waals surface area contributed by atoms with Crippen LogP contribution in [0.15, 0.2) is 53.9 Å². The summed E-state index contributed by atoms with van der Waals surface area (Å²) in [5, 5.41) is 5.16. The van der Waals surface area contributed by atoms with Gasteiger partial charge in [-0.1, -0.05) is 38.1 Å². The molecule has 4 nitrogen and oxygen atoms in total. The van der Waals surface area contributed by atoms with E-state index in [0.717, 1.165) is 17.7 Å². The molecule has 0 aliphatic carbocycles. The molecule has 8 heteroatoms. The molecule has 1 aromatic heterocycles. The highest BCUT2D eigenvalue weighted by atomic mass is 32.1. The lowest BCUT2D eigenvalue weighted by molar-refractivity contribution is -0.137. The molecule has 0 fully saturated rings. The Bertz CT molecular complexity index is 998. The minimum atomic E-state index is -4.37. The molecule has 30 heavy (non-hydrogen) atoms. The molecular weight excluding hydrogens is 413 g/mol. The molecule has 0 saturated heterocycles. The van der Waals surface area contributed by atoms with Crippen molar-refractivity contribution in [2.24, 2.45) is 5.92 Å². The van der Waals surface area contributed by atoms with Crippen LogP contribution in [0.1, 0.15) is 35.5 Å². The Morgan fingerprint density at radius 1 is 1.13 bits per heavy atom. The van der Waals surface area contributed by atoms with Gasteiger partial charge in [0.1, 0.15) is 23.1 Å². The minimum Gasteiger partial charge on any atom is -0.488 e. The number of para-hydroxylation sites is 1. The number of ether oxygens (including phenoxy) is 1. The van der Waals surface area contributed by atoms with Crippen molar-refractivity contribution in [1.29, 1.82) is 0 Å². The van der Waals surface area contributed by atoms with Gasteiger partial charge in [0.2, 0.25) is 0 Å². The zero-order chi connectivity index (χ0) is 21.7. The molecule has 0 saturated carbocycles. The van der Waals surface area contributed by atoms with Crippen LogP contribution >= 0.6 is 11.3 Å². The molecule has 1 heterocycles. The first-order valence-corrected chi connectivity index (χ1v) is 10.2. The molecule has 0 atom stereocenters. The summed E-state index contributed by atoms with van der Waals surface area (Å²) >= 11 is 1.33. The van der Waals surface area contributed by atoms with Crippen molar-refractivity contribution in [3.63, 3.8) is 0 Å². The van der Waals surface area contributed by atoms with Crippen molar-refractivity contribution in [1.82, 2.24) is 10.3 Å². The normalized spacial score (nSPS) is 11.5. The Balaban J connectivity index is 1.71. The average Bonchev–Trinajstić information content (AvgIpc) is 3.20. The summed E-state index contributed by atoms with van der Waals surface area (Å²) in [5.74, 6) is 0.654. The van der Waals surface area contributed by atoms with Gasteiger partial charge in [-0.2, -0.15) is 13.2 Å². The lowest BCUT2D eigenvalue weighted by Gasteiger charge is -2.11. The Labute approximate surface area is 176 Å². The molecule has 158 valence electrons. The SMILES string of the molecule is CC(C)CNC(=O)c1csc(-c2ccccc2OCc2ccc(C(F)(F)F)cc2)n1. The number of hydrogen-bond acceptors (Lipinski definition) is 4. The van der Waals surface area contributed by atoms with Crippen molar-refractivity contribution in [3.8, 4) is 16.3 Å². The molecule has 1 N–H and O–H groups in total. The van der Waals surface area contributed by atoms with Crippen molar-refractivity contribution in [2.75, 3.05) is 6.54 Å². The van der Waals surface area contributed by atoms with E-state index >= 15 is 0 Å².